The minimum Gasteiger partial charge on any atom is -0.370 e. The molecule has 0 heterocycles. The van der Waals surface area contributed by atoms with E-state index in [2.05, 4.69) is 42.6 Å². The molecule has 21 heavy (non-hydrogen) atoms. The van der Waals surface area contributed by atoms with E-state index < -0.39 is 0 Å². The van der Waals surface area contributed by atoms with E-state index in [9.17, 15) is 4.79 Å². The van der Waals surface area contributed by atoms with Crippen molar-refractivity contribution in [3.8, 4) is 0 Å². The molecule has 2 aromatic rings. The van der Waals surface area contributed by atoms with Gasteiger partial charge in [0.25, 0.3) is 0 Å². The minimum atomic E-state index is -0.246. The van der Waals surface area contributed by atoms with Gasteiger partial charge in [0.2, 0.25) is 5.91 Å². The van der Waals surface area contributed by atoms with Gasteiger partial charge >= 0.3 is 0 Å². The monoisotopic (exact) mass is 284 g/mol. The molecule has 0 aliphatic heterocycles. The lowest BCUT2D eigenvalue weighted by Crippen LogP contribution is -2.35. The summed E-state index contributed by atoms with van der Waals surface area (Å²) < 4.78 is 0. The quantitative estimate of drug-likeness (QED) is 0.732. The molecule has 0 unspecified atom stereocenters. The maximum Gasteiger partial charge on any atom is 0.218 e. The molecule has 0 spiro atoms. The van der Waals surface area contributed by atoms with Gasteiger partial charge in [-0.2, -0.15) is 0 Å². The second kappa shape index (κ2) is 7.79. The number of amides is 1. The van der Waals surface area contributed by atoms with Crippen LogP contribution >= 0.6 is 0 Å². The average molecular weight is 284 g/mol. The third kappa shape index (κ3) is 4.87. The van der Waals surface area contributed by atoms with Crippen molar-refractivity contribution in [2.45, 2.75) is 38.6 Å². The highest BCUT2D eigenvalue weighted by atomic mass is 16.1. The molecule has 112 valence electrons. The third-order valence-corrected chi connectivity index (χ3v) is 3.71. The van der Waals surface area contributed by atoms with E-state index in [1.165, 1.54) is 16.3 Å². The van der Waals surface area contributed by atoms with E-state index in [0.717, 1.165) is 25.8 Å². The maximum atomic E-state index is 11.2. The van der Waals surface area contributed by atoms with Crippen LogP contribution in [0.3, 0.4) is 0 Å². The molecule has 1 atom stereocenters. The summed E-state index contributed by atoms with van der Waals surface area (Å²) in [6.45, 7) is 3.09. The molecule has 3 N–H and O–H groups in total. The SMILES string of the molecule is CCCCN[C@H](CC(N)=O)Cc1ccc2ccccc2c1. The number of benzene rings is 2. The lowest BCUT2D eigenvalue weighted by molar-refractivity contribution is -0.118. The van der Waals surface area contributed by atoms with Gasteiger partial charge in [-0.1, -0.05) is 55.8 Å². The van der Waals surface area contributed by atoms with E-state index in [1.807, 2.05) is 12.1 Å². The largest absolute Gasteiger partial charge is 0.370 e. The molecule has 3 heteroatoms. The Morgan fingerprint density at radius 1 is 1.19 bits per heavy atom. The van der Waals surface area contributed by atoms with Crippen LogP contribution < -0.4 is 11.1 Å². The van der Waals surface area contributed by atoms with Crippen molar-refractivity contribution in [2.75, 3.05) is 6.54 Å². The second-order valence-corrected chi connectivity index (χ2v) is 5.56. The Balaban J connectivity index is 2.07. The lowest BCUT2D eigenvalue weighted by atomic mass is 9.99. The minimum absolute atomic E-state index is 0.121. The van der Waals surface area contributed by atoms with Crippen molar-refractivity contribution in [3.63, 3.8) is 0 Å². The molecule has 0 saturated heterocycles. The highest BCUT2D eigenvalue weighted by Gasteiger charge is 2.12. The molecule has 0 aliphatic rings. The van der Waals surface area contributed by atoms with Gasteiger partial charge in [0.15, 0.2) is 0 Å². The zero-order valence-corrected chi connectivity index (χ0v) is 12.6. The summed E-state index contributed by atoms with van der Waals surface area (Å²) in [6.07, 6.45) is 3.48. The highest BCUT2D eigenvalue weighted by molar-refractivity contribution is 5.83. The number of fused-ring (bicyclic) bond motifs is 1. The second-order valence-electron chi connectivity index (χ2n) is 5.56. The molecule has 0 aliphatic carbocycles. The van der Waals surface area contributed by atoms with Crippen LogP contribution in [0.15, 0.2) is 42.5 Å². The Morgan fingerprint density at radius 2 is 1.95 bits per heavy atom. The number of carbonyl (C=O) groups is 1. The summed E-state index contributed by atoms with van der Waals surface area (Å²) in [5.74, 6) is -0.246. The number of hydrogen-bond acceptors (Lipinski definition) is 2. The molecule has 0 aromatic heterocycles. The van der Waals surface area contributed by atoms with Gasteiger partial charge in [-0.05, 0) is 35.7 Å². The number of primary amides is 1. The molecule has 0 bridgehead atoms. The molecule has 0 fully saturated rings. The first-order valence-corrected chi connectivity index (χ1v) is 7.68. The summed E-state index contributed by atoms with van der Waals surface area (Å²) in [5.41, 5.74) is 6.60. The van der Waals surface area contributed by atoms with Crippen LogP contribution in [0.2, 0.25) is 0 Å². The van der Waals surface area contributed by atoms with Gasteiger partial charge in [-0.3, -0.25) is 4.79 Å². The lowest BCUT2D eigenvalue weighted by Gasteiger charge is -2.17. The molecule has 1 amide bonds. The van der Waals surface area contributed by atoms with Crippen LogP contribution in [0.5, 0.6) is 0 Å². The first kappa shape index (κ1) is 15.5. The van der Waals surface area contributed by atoms with Crippen LogP contribution in [0.25, 0.3) is 10.8 Å². The smallest absolute Gasteiger partial charge is 0.218 e. The molecule has 0 saturated carbocycles. The van der Waals surface area contributed by atoms with Crippen molar-refractivity contribution < 1.29 is 4.79 Å². The normalized spacial score (nSPS) is 12.4. The molecule has 2 aromatic carbocycles. The Bertz CT molecular complexity index is 595. The van der Waals surface area contributed by atoms with E-state index in [0.29, 0.717) is 6.42 Å². The van der Waals surface area contributed by atoms with Gasteiger partial charge in [0, 0.05) is 12.5 Å². The van der Waals surface area contributed by atoms with Crippen molar-refractivity contribution in [1.29, 1.82) is 0 Å². The summed E-state index contributed by atoms with van der Waals surface area (Å²) in [4.78, 5) is 11.2. The first-order chi connectivity index (χ1) is 10.2. The van der Waals surface area contributed by atoms with Crippen molar-refractivity contribution in [3.05, 3.63) is 48.0 Å². The molecular weight excluding hydrogens is 260 g/mol. The fourth-order valence-electron chi connectivity index (χ4n) is 2.59. The Morgan fingerprint density at radius 3 is 2.67 bits per heavy atom. The standard InChI is InChI=1S/C18H24N2O/c1-2-3-10-20-17(13-18(19)21)12-14-8-9-15-6-4-5-7-16(15)11-14/h4-9,11,17,20H,2-3,10,12-13H2,1H3,(H2,19,21)/t17-/m0/s1. The van der Waals surface area contributed by atoms with Crippen molar-refractivity contribution in [1.82, 2.24) is 5.32 Å². The third-order valence-electron chi connectivity index (χ3n) is 3.71. The van der Waals surface area contributed by atoms with E-state index in [1.54, 1.807) is 0 Å². The number of rotatable bonds is 8. The van der Waals surface area contributed by atoms with Crippen LogP contribution in [-0.4, -0.2) is 18.5 Å². The van der Waals surface area contributed by atoms with Crippen LogP contribution in [0, 0.1) is 0 Å². The number of carbonyl (C=O) groups excluding carboxylic acids is 1. The van der Waals surface area contributed by atoms with E-state index in [-0.39, 0.29) is 11.9 Å². The van der Waals surface area contributed by atoms with Crippen LogP contribution in [0.4, 0.5) is 0 Å². The van der Waals surface area contributed by atoms with Gasteiger partial charge in [0.05, 0.1) is 0 Å². The Hall–Kier alpha value is -1.87. The van der Waals surface area contributed by atoms with Gasteiger partial charge in [-0.15, -0.1) is 0 Å². The predicted octanol–water partition coefficient (Wildman–Crippen LogP) is 3.02. The first-order valence-electron chi connectivity index (χ1n) is 7.68. The Kier molecular flexibility index (Phi) is 5.76. The predicted molar refractivity (Wildman–Crippen MR) is 88.2 cm³/mol. The number of unbranched alkanes of at least 4 members (excludes halogenated alkanes) is 1. The van der Waals surface area contributed by atoms with Crippen molar-refractivity contribution >= 4 is 16.7 Å². The van der Waals surface area contributed by atoms with E-state index in [4.69, 9.17) is 5.73 Å². The molecule has 3 nitrogen and oxygen atoms in total. The molecule has 0 radical (unpaired) electrons. The number of hydrogen-bond donors (Lipinski definition) is 2. The summed E-state index contributed by atoms with van der Waals surface area (Å²) in [5, 5.41) is 5.93. The fourth-order valence-corrected chi connectivity index (χ4v) is 2.59. The van der Waals surface area contributed by atoms with Gasteiger partial charge in [0.1, 0.15) is 0 Å². The van der Waals surface area contributed by atoms with Gasteiger partial charge < -0.3 is 11.1 Å². The number of nitrogens with one attached hydrogen (secondary N) is 1. The summed E-state index contributed by atoms with van der Waals surface area (Å²) >= 11 is 0. The van der Waals surface area contributed by atoms with Gasteiger partial charge in [-0.25, -0.2) is 0 Å². The number of nitrogens with two attached hydrogens (primary N) is 1. The average Bonchev–Trinajstić information content (AvgIpc) is 2.46. The Labute approximate surface area is 126 Å². The van der Waals surface area contributed by atoms with Crippen LogP contribution in [-0.2, 0) is 11.2 Å². The zero-order chi connectivity index (χ0) is 15.1. The maximum absolute atomic E-state index is 11.2. The topological polar surface area (TPSA) is 55.1 Å². The van der Waals surface area contributed by atoms with E-state index >= 15 is 0 Å². The summed E-state index contributed by atoms with van der Waals surface area (Å²) in [6, 6.07) is 14.9. The highest BCUT2D eigenvalue weighted by Crippen LogP contribution is 2.17. The molecular formula is C18H24N2O. The van der Waals surface area contributed by atoms with Crippen LogP contribution in [0.1, 0.15) is 31.7 Å². The zero-order valence-electron chi connectivity index (χ0n) is 12.6. The molecule has 2 rings (SSSR count). The summed E-state index contributed by atoms with van der Waals surface area (Å²) in [7, 11) is 0. The fraction of sp³-hybridized carbons (Fsp3) is 0.389. The van der Waals surface area contributed by atoms with Crippen molar-refractivity contribution in [2.24, 2.45) is 5.73 Å².